The van der Waals surface area contributed by atoms with Crippen molar-refractivity contribution in [1.29, 1.82) is 0 Å². The molecule has 0 N–H and O–H groups in total. The molecule has 0 aromatic rings. The third-order valence-electron chi connectivity index (χ3n) is 0.688. The molecule has 0 saturated heterocycles. The van der Waals surface area contributed by atoms with Gasteiger partial charge in [-0.15, -0.1) is 11.8 Å². The van der Waals surface area contributed by atoms with Crippen molar-refractivity contribution in [1.82, 2.24) is 0 Å². The van der Waals surface area contributed by atoms with Crippen LogP contribution in [0.25, 0.3) is 0 Å². The van der Waals surface area contributed by atoms with Crippen LogP contribution in [-0.2, 0) is 0 Å². The molecule has 0 atom stereocenters. The summed E-state index contributed by atoms with van der Waals surface area (Å²) in [6, 6.07) is 0. The average molecular weight is 116 g/mol. The Morgan fingerprint density at radius 3 is 2.71 bits per heavy atom. The standard InChI is InChI=1S/C6H12S/c1-3-4-5-6-7-2/h5-6H,3-4H2,1-2H3/b6-5+. The number of hydrogen-bond donors (Lipinski definition) is 0. The molecule has 0 aromatic heterocycles. The largest absolute Gasteiger partial charge is 0.138 e. The summed E-state index contributed by atoms with van der Waals surface area (Å²) in [7, 11) is 0. The Bertz CT molecular complexity index is 48.1. The first-order valence-electron chi connectivity index (χ1n) is 2.59. The van der Waals surface area contributed by atoms with Crippen LogP contribution in [0.15, 0.2) is 11.5 Å². The minimum Gasteiger partial charge on any atom is -0.138 e. The molecular weight excluding hydrogens is 104 g/mol. The molecule has 0 aromatic carbocycles. The van der Waals surface area contributed by atoms with E-state index in [1.54, 1.807) is 11.8 Å². The molecule has 0 unspecified atom stereocenters. The van der Waals surface area contributed by atoms with Crippen molar-refractivity contribution in [3.8, 4) is 0 Å². The molecular formula is C6H12S. The van der Waals surface area contributed by atoms with Crippen LogP contribution in [0, 0.1) is 0 Å². The van der Waals surface area contributed by atoms with Gasteiger partial charge in [-0.2, -0.15) is 0 Å². The molecule has 0 bridgehead atoms. The van der Waals surface area contributed by atoms with E-state index in [0.717, 1.165) is 0 Å². The lowest BCUT2D eigenvalue weighted by atomic mass is 10.3. The van der Waals surface area contributed by atoms with Gasteiger partial charge in [0.2, 0.25) is 0 Å². The highest BCUT2D eigenvalue weighted by molar-refractivity contribution is 8.01. The van der Waals surface area contributed by atoms with Gasteiger partial charge < -0.3 is 0 Å². The van der Waals surface area contributed by atoms with Crippen molar-refractivity contribution in [2.75, 3.05) is 6.26 Å². The van der Waals surface area contributed by atoms with Gasteiger partial charge in [0, 0.05) is 0 Å². The van der Waals surface area contributed by atoms with E-state index in [1.165, 1.54) is 12.8 Å². The first kappa shape index (κ1) is 7.09. The molecule has 0 aliphatic heterocycles. The molecule has 7 heavy (non-hydrogen) atoms. The van der Waals surface area contributed by atoms with Crippen LogP contribution < -0.4 is 0 Å². The fourth-order valence-corrected chi connectivity index (χ4v) is 0.659. The first-order valence-corrected chi connectivity index (χ1v) is 3.88. The summed E-state index contributed by atoms with van der Waals surface area (Å²) in [5, 5.41) is 2.13. The van der Waals surface area contributed by atoms with E-state index in [4.69, 9.17) is 0 Å². The zero-order chi connectivity index (χ0) is 5.54. The fourth-order valence-electron chi connectivity index (χ4n) is 0.331. The highest BCUT2D eigenvalue weighted by atomic mass is 32.2. The summed E-state index contributed by atoms with van der Waals surface area (Å²) in [4.78, 5) is 0. The molecule has 42 valence electrons. The van der Waals surface area contributed by atoms with Crippen molar-refractivity contribution >= 4 is 11.8 Å². The zero-order valence-electron chi connectivity index (χ0n) is 4.98. The maximum atomic E-state index is 2.20. The van der Waals surface area contributed by atoms with E-state index >= 15 is 0 Å². The molecule has 0 fully saturated rings. The Labute approximate surface area is 50.0 Å². The second kappa shape index (κ2) is 6.09. The average Bonchev–Trinajstić information content (AvgIpc) is 1.69. The first-order chi connectivity index (χ1) is 3.41. The predicted molar refractivity (Wildman–Crippen MR) is 37.6 cm³/mol. The van der Waals surface area contributed by atoms with E-state index < -0.39 is 0 Å². The van der Waals surface area contributed by atoms with Gasteiger partial charge in [-0.3, -0.25) is 0 Å². The smallest absolute Gasteiger partial charge is 0.0142 e. The van der Waals surface area contributed by atoms with E-state index in [0.29, 0.717) is 0 Å². The number of thioether (sulfide) groups is 1. The van der Waals surface area contributed by atoms with E-state index in [-0.39, 0.29) is 0 Å². The fraction of sp³-hybridized carbons (Fsp3) is 0.667. The summed E-state index contributed by atoms with van der Waals surface area (Å²) in [5.41, 5.74) is 0. The van der Waals surface area contributed by atoms with E-state index in [9.17, 15) is 0 Å². The Kier molecular flexibility index (Phi) is 6.17. The maximum Gasteiger partial charge on any atom is -0.0142 e. The van der Waals surface area contributed by atoms with Crippen LogP contribution in [0.1, 0.15) is 19.8 Å². The summed E-state index contributed by atoms with van der Waals surface area (Å²) < 4.78 is 0. The molecule has 0 aliphatic rings. The molecule has 0 saturated carbocycles. The van der Waals surface area contributed by atoms with Crippen molar-refractivity contribution in [2.24, 2.45) is 0 Å². The highest BCUT2D eigenvalue weighted by Gasteiger charge is 1.68. The summed E-state index contributed by atoms with van der Waals surface area (Å²) in [6.07, 6.45) is 6.76. The SMILES string of the molecule is CCC/C=C/SC. The van der Waals surface area contributed by atoms with Crippen molar-refractivity contribution in [3.05, 3.63) is 11.5 Å². The molecule has 0 heterocycles. The Hall–Kier alpha value is 0.0900. The van der Waals surface area contributed by atoms with Crippen molar-refractivity contribution in [2.45, 2.75) is 19.8 Å². The normalized spacial score (nSPS) is 10.6. The lowest BCUT2D eigenvalue weighted by Crippen LogP contribution is -1.56. The zero-order valence-corrected chi connectivity index (χ0v) is 5.79. The van der Waals surface area contributed by atoms with Gasteiger partial charge in [0.25, 0.3) is 0 Å². The van der Waals surface area contributed by atoms with Crippen LogP contribution in [0.4, 0.5) is 0 Å². The summed E-state index contributed by atoms with van der Waals surface area (Å²) in [5.74, 6) is 0. The molecule has 0 spiro atoms. The van der Waals surface area contributed by atoms with Crippen LogP contribution in [0.2, 0.25) is 0 Å². The van der Waals surface area contributed by atoms with Gasteiger partial charge >= 0.3 is 0 Å². The Balaban J connectivity index is 2.78. The van der Waals surface area contributed by atoms with Crippen LogP contribution in [-0.4, -0.2) is 6.26 Å². The molecule has 0 radical (unpaired) electrons. The van der Waals surface area contributed by atoms with Crippen LogP contribution in [0.5, 0.6) is 0 Å². The van der Waals surface area contributed by atoms with E-state index in [1.807, 2.05) is 0 Å². The van der Waals surface area contributed by atoms with Gasteiger partial charge in [0.05, 0.1) is 0 Å². The minimum absolute atomic E-state index is 1.22. The second-order valence-corrected chi connectivity index (χ2v) is 2.14. The topological polar surface area (TPSA) is 0 Å². The number of unbranched alkanes of at least 4 members (excludes halogenated alkanes) is 1. The third-order valence-corrected chi connectivity index (χ3v) is 1.15. The van der Waals surface area contributed by atoms with Gasteiger partial charge in [-0.1, -0.05) is 19.4 Å². The summed E-state index contributed by atoms with van der Waals surface area (Å²) in [6.45, 7) is 2.19. The number of rotatable bonds is 3. The quantitative estimate of drug-likeness (QED) is 0.546. The van der Waals surface area contributed by atoms with Gasteiger partial charge in [-0.25, -0.2) is 0 Å². The van der Waals surface area contributed by atoms with Gasteiger partial charge in [-0.05, 0) is 18.1 Å². The van der Waals surface area contributed by atoms with Gasteiger partial charge in [0.1, 0.15) is 0 Å². The molecule has 0 rings (SSSR count). The van der Waals surface area contributed by atoms with Crippen LogP contribution >= 0.6 is 11.8 Å². The van der Waals surface area contributed by atoms with Gasteiger partial charge in [0.15, 0.2) is 0 Å². The van der Waals surface area contributed by atoms with E-state index in [2.05, 4.69) is 24.7 Å². The highest BCUT2D eigenvalue weighted by Crippen LogP contribution is 1.96. The second-order valence-electron chi connectivity index (χ2n) is 1.40. The summed E-state index contributed by atoms with van der Waals surface area (Å²) >= 11 is 1.76. The molecule has 0 amide bonds. The molecule has 0 nitrogen and oxygen atoms in total. The van der Waals surface area contributed by atoms with Crippen molar-refractivity contribution in [3.63, 3.8) is 0 Å². The molecule has 1 heteroatoms. The lowest BCUT2D eigenvalue weighted by Gasteiger charge is -1.79. The lowest BCUT2D eigenvalue weighted by molar-refractivity contribution is 0.960. The number of hydrogen-bond acceptors (Lipinski definition) is 1. The monoisotopic (exact) mass is 116 g/mol. The maximum absolute atomic E-state index is 2.20. The molecule has 0 aliphatic carbocycles. The Morgan fingerprint density at radius 1 is 1.57 bits per heavy atom. The number of allylic oxidation sites excluding steroid dienone is 1. The minimum atomic E-state index is 1.22. The third kappa shape index (κ3) is 6.09. The van der Waals surface area contributed by atoms with Crippen molar-refractivity contribution < 1.29 is 0 Å². The van der Waals surface area contributed by atoms with Crippen LogP contribution in [0.3, 0.4) is 0 Å². The Morgan fingerprint density at radius 2 is 2.29 bits per heavy atom. The predicted octanol–water partition coefficient (Wildman–Crippen LogP) is 2.66.